The van der Waals surface area contributed by atoms with Crippen molar-refractivity contribution >= 4 is 23.4 Å². The summed E-state index contributed by atoms with van der Waals surface area (Å²) in [7, 11) is 0. The number of carbonyl (C=O) groups excluding carboxylic acids is 1. The van der Waals surface area contributed by atoms with Crippen molar-refractivity contribution in [1.82, 2.24) is 5.32 Å². The minimum Gasteiger partial charge on any atom is -0.399 e. The molecule has 4 heteroatoms. The van der Waals surface area contributed by atoms with Crippen LogP contribution >= 0.6 is 11.8 Å². The van der Waals surface area contributed by atoms with Crippen LogP contribution in [0.5, 0.6) is 0 Å². The predicted molar refractivity (Wildman–Crippen MR) is 82.5 cm³/mol. The summed E-state index contributed by atoms with van der Waals surface area (Å²) in [5.41, 5.74) is 8.74. The molecular formula is C16H16N2OS. The molecule has 102 valence electrons. The van der Waals surface area contributed by atoms with Gasteiger partial charge in [-0.05, 0) is 35.7 Å². The Morgan fingerprint density at radius 1 is 1.25 bits per heavy atom. The van der Waals surface area contributed by atoms with Gasteiger partial charge in [0.15, 0.2) is 0 Å². The van der Waals surface area contributed by atoms with E-state index in [1.807, 2.05) is 36.4 Å². The van der Waals surface area contributed by atoms with Crippen LogP contribution in [0.25, 0.3) is 0 Å². The molecule has 0 radical (unpaired) electrons. The SMILES string of the molecule is Nc1cccc(CNC(=O)C2Cc3ccccc3S2)c1. The third kappa shape index (κ3) is 2.80. The van der Waals surface area contributed by atoms with Gasteiger partial charge in [-0.15, -0.1) is 11.8 Å². The first kappa shape index (κ1) is 13.1. The van der Waals surface area contributed by atoms with Crippen LogP contribution in [-0.4, -0.2) is 11.2 Å². The Kier molecular flexibility index (Phi) is 3.65. The minimum atomic E-state index is -0.0199. The molecule has 0 saturated heterocycles. The average molecular weight is 284 g/mol. The highest BCUT2D eigenvalue weighted by molar-refractivity contribution is 8.01. The van der Waals surface area contributed by atoms with E-state index in [-0.39, 0.29) is 11.2 Å². The molecule has 3 rings (SSSR count). The fourth-order valence-electron chi connectivity index (χ4n) is 2.33. The Morgan fingerprint density at radius 2 is 2.10 bits per heavy atom. The molecule has 1 aliphatic heterocycles. The molecule has 1 amide bonds. The van der Waals surface area contributed by atoms with E-state index in [2.05, 4.69) is 17.4 Å². The Balaban J connectivity index is 1.59. The van der Waals surface area contributed by atoms with Gasteiger partial charge < -0.3 is 11.1 Å². The second-order valence-corrected chi connectivity index (χ2v) is 6.13. The lowest BCUT2D eigenvalue weighted by Gasteiger charge is -2.10. The maximum atomic E-state index is 12.2. The van der Waals surface area contributed by atoms with E-state index in [9.17, 15) is 4.79 Å². The zero-order valence-electron chi connectivity index (χ0n) is 11.0. The fraction of sp³-hybridized carbons (Fsp3) is 0.188. The quantitative estimate of drug-likeness (QED) is 0.852. The van der Waals surface area contributed by atoms with Crippen LogP contribution in [0.3, 0.4) is 0 Å². The first-order valence-electron chi connectivity index (χ1n) is 6.59. The van der Waals surface area contributed by atoms with Crippen LogP contribution in [0.15, 0.2) is 53.4 Å². The highest BCUT2D eigenvalue weighted by Gasteiger charge is 2.27. The molecule has 0 aromatic heterocycles. The van der Waals surface area contributed by atoms with Crippen molar-refractivity contribution in [1.29, 1.82) is 0 Å². The molecule has 0 saturated carbocycles. The van der Waals surface area contributed by atoms with E-state index in [1.165, 1.54) is 10.5 Å². The van der Waals surface area contributed by atoms with Crippen LogP contribution < -0.4 is 11.1 Å². The van der Waals surface area contributed by atoms with Crippen LogP contribution in [0.1, 0.15) is 11.1 Å². The summed E-state index contributed by atoms with van der Waals surface area (Å²) in [4.78, 5) is 13.4. The molecular weight excluding hydrogens is 268 g/mol. The van der Waals surface area contributed by atoms with E-state index in [0.717, 1.165) is 17.7 Å². The van der Waals surface area contributed by atoms with Crippen LogP contribution in [0, 0.1) is 0 Å². The number of thioether (sulfide) groups is 1. The number of hydrogen-bond donors (Lipinski definition) is 2. The number of anilines is 1. The molecule has 1 unspecified atom stereocenters. The van der Waals surface area contributed by atoms with Crippen molar-refractivity contribution in [3.05, 3.63) is 59.7 Å². The van der Waals surface area contributed by atoms with Gasteiger partial charge in [0.1, 0.15) is 0 Å². The molecule has 1 heterocycles. The zero-order valence-corrected chi connectivity index (χ0v) is 11.8. The Labute approximate surface area is 122 Å². The predicted octanol–water partition coefficient (Wildman–Crippen LogP) is 2.60. The van der Waals surface area contributed by atoms with Gasteiger partial charge in [-0.2, -0.15) is 0 Å². The van der Waals surface area contributed by atoms with Crippen LogP contribution in [0.2, 0.25) is 0 Å². The summed E-state index contributed by atoms with van der Waals surface area (Å²) in [5.74, 6) is 0.0913. The normalized spacial score (nSPS) is 16.7. The number of benzene rings is 2. The molecule has 2 aromatic carbocycles. The number of fused-ring (bicyclic) bond motifs is 1. The van der Waals surface area contributed by atoms with Gasteiger partial charge in [0.25, 0.3) is 0 Å². The monoisotopic (exact) mass is 284 g/mol. The number of nitrogens with one attached hydrogen (secondary N) is 1. The van der Waals surface area contributed by atoms with E-state index < -0.39 is 0 Å². The van der Waals surface area contributed by atoms with Crippen molar-refractivity contribution in [2.75, 3.05) is 5.73 Å². The number of amides is 1. The average Bonchev–Trinajstić information content (AvgIpc) is 2.89. The van der Waals surface area contributed by atoms with Gasteiger partial charge >= 0.3 is 0 Å². The summed E-state index contributed by atoms with van der Waals surface area (Å²) in [6, 6.07) is 15.8. The Hall–Kier alpha value is -1.94. The highest BCUT2D eigenvalue weighted by atomic mass is 32.2. The number of hydrogen-bond acceptors (Lipinski definition) is 3. The smallest absolute Gasteiger partial charge is 0.234 e. The molecule has 20 heavy (non-hydrogen) atoms. The van der Waals surface area contributed by atoms with Gasteiger partial charge in [0.05, 0.1) is 5.25 Å². The number of carbonyl (C=O) groups is 1. The van der Waals surface area contributed by atoms with Crippen molar-refractivity contribution < 1.29 is 4.79 Å². The summed E-state index contributed by atoms with van der Waals surface area (Å²) in [6.07, 6.45) is 0.809. The first-order chi connectivity index (χ1) is 9.72. The molecule has 0 bridgehead atoms. The molecule has 1 aliphatic rings. The second-order valence-electron chi connectivity index (χ2n) is 4.88. The highest BCUT2D eigenvalue weighted by Crippen LogP contribution is 2.36. The van der Waals surface area contributed by atoms with Gasteiger partial charge in [0.2, 0.25) is 5.91 Å². The lowest BCUT2D eigenvalue weighted by Crippen LogP contribution is -2.31. The minimum absolute atomic E-state index is 0.0199. The maximum absolute atomic E-state index is 12.2. The van der Waals surface area contributed by atoms with Gasteiger partial charge in [0, 0.05) is 17.1 Å². The third-order valence-corrected chi connectivity index (χ3v) is 4.67. The standard InChI is InChI=1S/C16H16N2OS/c17-13-6-3-4-11(8-13)10-18-16(19)15-9-12-5-1-2-7-14(12)20-15/h1-8,15H,9-10,17H2,(H,18,19). The Morgan fingerprint density at radius 3 is 2.90 bits per heavy atom. The number of nitrogen functional groups attached to an aromatic ring is 1. The number of nitrogens with two attached hydrogens (primary N) is 1. The molecule has 2 aromatic rings. The Bertz CT molecular complexity index is 617. The fourth-order valence-corrected chi connectivity index (χ4v) is 3.55. The van der Waals surface area contributed by atoms with E-state index in [0.29, 0.717) is 6.54 Å². The topological polar surface area (TPSA) is 55.1 Å². The van der Waals surface area contributed by atoms with E-state index in [1.54, 1.807) is 11.8 Å². The summed E-state index contributed by atoms with van der Waals surface area (Å²) < 4.78 is 0. The maximum Gasteiger partial charge on any atom is 0.234 e. The molecule has 0 spiro atoms. The van der Waals surface area contributed by atoms with Gasteiger partial charge in [-0.25, -0.2) is 0 Å². The summed E-state index contributed by atoms with van der Waals surface area (Å²) >= 11 is 1.65. The molecule has 0 fully saturated rings. The van der Waals surface area contributed by atoms with Crippen LogP contribution in [0.4, 0.5) is 5.69 Å². The summed E-state index contributed by atoms with van der Waals surface area (Å²) in [5, 5.41) is 2.97. The van der Waals surface area contributed by atoms with Crippen LogP contribution in [-0.2, 0) is 17.8 Å². The van der Waals surface area contributed by atoms with Crippen molar-refractivity contribution in [3.63, 3.8) is 0 Å². The molecule has 3 nitrogen and oxygen atoms in total. The first-order valence-corrected chi connectivity index (χ1v) is 7.47. The molecule has 1 atom stereocenters. The molecule has 3 N–H and O–H groups in total. The molecule has 0 aliphatic carbocycles. The zero-order chi connectivity index (χ0) is 13.9. The second kappa shape index (κ2) is 5.59. The van der Waals surface area contributed by atoms with E-state index >= 15 is 0 Å². The van der Waals surface area contributed by atoms with Crippen molar-refractivity contribution in [2.24, 2.45) is 0 Å². The van der Waals surface area contributed by atoms with E-state index in [4.69, 9.17) is 5.73 Å². The largest absolute Gasteiger partial charge is 0.399 e. The van der Waals surface area contributed by atoms with Crippen molar-refractivity contribution in [3.8, 4) is 0 Å². The lowest BCUT2D eigenvalue weighted by atomic mass is 10.1. The third-order valence-electron chi connectivity index (χ3n) is 3.36. The lowest BCUT2D eigenvalue weighted by molar-refractivity contribution is -0.120. The number of rotatable bonds is 3. The summed E-state index contributed by atoms with van der Waals surface area (Å²) in [6.45, 7) is 0.525. The van der Waals surface area contributed by atoms with Gasteiger partial charge in [-0.3, -0.25) is 4.79 Å². The van der Waals surface area contributed by atoms with Gasteiger partial charge in [-0.1, -0.05) is 30.3 Å². The van der Waals surface area contributed by atoms with Crippen molar-refractivity contribution in [2.45, 2.75) is 23.1 Å².